The fraction of sp³-hybridized carbons (Fsp3) is 0.692. The van der Waals surface area contributed by atoms with Crippen molar-refractivity contribution in [3.63, 3.8) is 0 Å². The van der Waals surface area contributed by atoms with Crippen LogP contribution in [0, 0.1) is 0 Å². The molecule has 1 atom stereocenters. The number of rotatable bonds is 8. The fourth-order valence-corrected chi connectivity index (χ4v) is 2.68. The van der Waals surface area contributed by atoms with Crippen molar-refractivity contribution in [1.82, 2.24) is 9.88 Å². The van der Waals surface area contributed by atoms with Crippen LogP contribution in [0.2, 0.25) is 0 Å². The summed E-state index contributed by atoms with van der Waals surface area (Å²) in [5, 5.41) is 3.77. The zero-order valence-corrected chi connectivity index (χ0v) is 13.4. The molecule has 1 amide bonds. The summed E-state index contributed by atoms with van der Waals surface area (Å²) >= 11 is 1.30. The Bertz CT molecular complexity index is 436. The number of nitrogens with zero attached hydrogens (tertiary/aromatic N) is 2. The fourth-order valence-electron chi connectivity index (χ4n) is 1.77. The Labute approximate surface area is 124 Å². The van der Waals surface area contributed by atoms with E-state index in [-0.39, 0.29) is 11.9 Å². The van der Waals surface area contributed by atoms with E-state index in [1.54, 1.807) is 12.0 Å². The van der Waals surface area contributed by atoms with Crippen LogP contribution in [0.3, 0.4) is 0 Å². The third kappa shape index (κ3) is 4.08. The van der Waals surface area contributed by atoms with E-state index in [1.165, 1.54) is 11.3 Å². The highest BCUT2D eigenvalue weighted by Gasteiger charge is 2.25. The first-order valence-corrected chi connectivity index (χ1v) is 7.66. The van der Waals surface area contributed by atoms with Gasteiger partial charge in [0.2, 0.25) is 0 Å². The normalized spacial score (nSPS) is 12.2. The lowest BCUT2D eigenvalue weighted by Crippen LogP contribution is -2.40. The van der Waals surface area contributed by atoms with E-state index in [2.05, 4.69) is 17.2 Å². The van der Waals surface area contributed by atoms with Gasteiger partial charge in [0.25, 0.3) is 5.91 Å². The molecule has 0 aliphatic carbocycles. The molecule has 1 unspecified atom stereocenters. The van der Waals surface area contributed by atoms with Crippen LogP contribution < -0.4 is 11.1 Å². The number of aromatic nitrogens is 1. The number of nitrogens with two attached hydrogens (primary N) is 1. The van der Waals surface area contributed by atoms with Crippen LogP contribution in [0.1, 0.15) is 36.9 Å². The molecule has 0 bridgehead atoms. The standard InChI is InChI=1S/C13H24N4O2S/c1-5-9(3)17(7-8-19-4)12(18)10-11(14)16-13(20-10)15-6-2/h9H,5-8,14H2,1-4H3,(H,15,16). The van der Waals surface area contributed by atoms with Crippen LogP contribution in [0.5, 0.6) is 0 Å². The van der Waals surface area contributed by atoms with Gasteiger partial charge in [-0.15, -0.1) is 0 Å². The van der Waals surface area contributed by atoms with E-state index in [0.717, 1.165) is 13.0 Å². The molecule has 0 aromatic carbocycles. The van der Waals surface area contributed by atoms with Gasteiger partial charge >= 0.3 is 0 Å². The Morgan fingerprint density at radius 2 is 2.25 bits per heavy atom. The summed E-state index contributed by atoms with van der Waals surface area (Å²) in [5.41, 5.74) is 5.86. The second kappa shape index (κ2) is 8.06. The Morgan fingerprint density at radius 3 is 2.80 bits per heavy atom. The second-order valence-corrected chi connectivity index (χ2v) is 5.51. The lowest BCUT2D eigenvalue weighted by Gasteiger charge is -2.27. The minimum Gasteiger partial charge on any atom is -0.383 e. The number of thiazole rings is 1. The van der Waals surface area contributed by atoms with Crippen LogP contribution in [-0.4, -0.2) is 48.6 Å². The Kier molecular flexibility index (Phi) is 6.74. The van der Waals surface area contributed by atoms with Crippen LogP contribution in [-0.2, 0) is 4.74 Å². The summed E-state index contributed by atoms with van der Waals surface area (Å²) in [5.74, 6) is 0.220. The maximum absolute atomic E-state index is 12.6. The molecule has 1 aromatic rings. The number of amides is 1. The Morgan fingerprint density at radius 1 is 1.55 bits per heavy atom. The molecule has 0 saturated heterocycles. The minimum absolute atomic E-state index is 0.0736. The SMILES string of the molecule is CCNc1nc(N)c(C(=O)N(CCOC)C(C)CC)s1. The van der Waals surface area contributed by atoms with Crippen LogP contribution >= 0.6 is 11.3 Å². The molecule has 114 valence electrons. The van der Waals surface area contributed by atoms with Gasteiger partial charge in [-0.05, 0) is 20.3 Å². The molecule has 20 heavy (non-hydrogen) atoms. The Balaban J connectivity index is 2.92. The quantitative estimate of drug-likeness (QED) is 0.768. The number of methoxy groups -OCH3 is 1. The van der Waals surface area contributed by atoms with Gasteiger partial charge in [0.1, 0.15) is 10.7 Å². The lowest BCUT2D eigenvalue weighted by molar-refractivity contribution is 0.0619. The summed E-state index contributed by atoms with van der Waals surface area (Å²) < 4.78 is 5.08. The van der Waals surface area contributed by atoms with Crippen molar-refractivity contribution < 1.29 is 9.53 Å². The monoisotopic (exact) mass is 300 g/mol. The summed E-state index contributed by atoms with van der Waals surface area (Å²) in [6, 6.07) is 0.140. The second-order valence-electron chi connectivity index (χ2n) is 4.51. The van der Waals surface area contributed by atoms with Gasteiger partial charge in [0.15, 0.2) is 5.13 Å². The average molecular weight is 300 g/mol. The molecule has 1 heterocycles. The molecule has 0 aliphatic heterocycles. The highest BCUT2D eigenvalue weighted by atomic mass is 32.1. The van der Waals surface area contributed by atoms with Crippen molar-refractivity contribution >= 4 is 28.2 Å². The highest BCUT2D eigenvalue weighted by molar-refractivity contribution is 7.18. The number of hydrogen-bond acceptors (Lipinski definition) is 6. The molecule has 1 rings (SSSR count). The minimum atomic E-state index is -0.0736. The number of carbonyl (C=O) groups excluding carboxylic acids is 1. The molecule has 0 radical (unpaired) electrons. The zero-order chi connectivity index (χ0) is 15.1. The first kappa shape index (κ1) is 16.7. The molecule has 0 fully saturated rings. The van der Waals surface area contributed by atoms with Crippen molar-refractivity contribution in [3.8, 4) is 0 Å². The molecular weight excluding hydrogens is 276 g/mol. The summed E-state index contributed by atoms with van der Waals surface area (Å²) in [7, 11) is 1.63. The largest absolute Gasteiger partial charge is 0.383 e. The van der Waals surface area contributed by atoms with Crippen molar-refractivity contribution in [2.45, 2.75) is 33.2 Å². The third-order valence-corrected chi connectivity index (χ3v) is 4.11. The van der Waals surface area contributed by atoms with E-state index >= 15 is 0 Å². The summed E-state index contributed by atoms with van der Waals surface area (Å²) in [6.07, 6.45) is 0.883. The number of carbonyl (C=O) groups is 1. The predicted octanol–water partition coefficient (Wildman–Crippen LogP) is 2.04. The smallest absolute Gasteiger partial charge is 0.268 e. The molecular formula is C13H24N4O2S. The van der Waals surface area contributed by atoms with Crippen molar-refractivity contribution in [1.29, 1.82) is 0 Å². The van der Waals surface area contributed by atoms with Gasteiger partial charge < -0.3 is 20.7 Å². The first-order chi connectivity index (χ1) is 9.54. The maximum Gasteiger partial charge on any atom is 0.268 e. The van der Waals surface area contributed by atoms with Crippen LogP contribution in [0.4, 0.5) is 10.9 Å². The van der Waals surface area contributed by atoms with Crippen molar-refractivity contribution in [2.24, 2.45) is 0 Å². The average Bonchev–Trinajstić information content (AvgIpc) is 2.79. The highest BCUT2D eigenvalue weighted by Crippen LogP contribution is 2.27. The number of ether oxygens (including phenoxy) is 1. The Hall–Kier alpha value is -1.34. The van der Waals surface area contributed by atoms with E-state index in [0.29, 0.717) is 29.0 Å². The van der Waals surface area contributed by atoms with Crippen molar-refractivity contribution in [3.05, 3.63) is 4.88 Å². The number of hydrogen-bond donors (Lipinski definition) is 2. The topological polar surface area (TPSA) is 80.5 Å². The first-order valence-electron chi connectivity index (χ1n) is 6.85. The van der Waals surface area contributed by atoms with Gasteiger partial charge in [-0.2, -0.15) is 0 Å². The maximum atomic E-state index is 12.6. The molecule has 1 aromatic heterocycles. The molecule has 0 spiro atoms. The predicted molar refractivity (Wildman–Crippen MR) is 83.4 cm³/mol. The van der Waals surface area contributed by atoms with Gasteiger partial charge in [0.05, 0.1) is 6.61 Å². The molecule has 7 heteroatoms. The van der Waals surface area contributed by atoms with Gasteiger partial charge in [-0.25, -0.2) is 4.98 Å². The molecule has 3 N–H and O–H groups in total. The summed E-state index contributed by atoms with van der Waals surface area (Å²) in [6.45, 7) is 7.86. The lowest BCUT2D eigenvalue weighted by atomic mass is 10.2. The third-order valence-electron chi connectivity index (χ3n) is 3.10. The van der Waals surface area contributed by atoms with Gasteiger partial charge in [-0.1, -0.05) is 18.3 Å². The van der Waals surface area contributed by atoms with Crippen LogP contribution in [0.15, 0.2) is 0 Å². The number of nitrogens with one attached hydrogen (secondary N) is 1. The van der Waals surface area contributed by atoms with Gasteiger partial charge in [-0.3, -0.25) is 4.79 Å². The molecule has 0 saturated carbocycles. The number of nitrogen functional groups attached to an aromatic ring is 1. The summed E-state index contributed by atoms with van der Waals surface area (Å²) in [4.78, 5) is 19.1. The van der Waals surface area contributed by atoms with E-state index in [1.807, 2.05) is 13.8 Å². The zero-order valence-electron chi connectivity index (χ0n) is 12.6. The van der Waals surface area contributed by atoms with Crippen LogP contribution in [0.25, 0.3) is 0 Å². The van der Waals surface area contributed by atoms with Crippen molar-refractivity contribution in [2.75, 3.05) is 37.9 Å². The molecule has 6 nitrogen and oxygen atoms in total. The van der Waals surface area contributed by atoms with Gasteiger partial charge in [0, 0.05) is 26.2 Å². The number of anilines is 2. The van der Waals surface area contributed by atoms with E-state index in [9.17, 15) is 4.79 Å². The van der Waals surface area contributed by atoms with E-state index < -0.39 is 0 Å². The van der Waals surface area contributed by atoms with E-state index in [4.69, 9.17) is 10.5 Å². The molecule has 0 aliphatic rings.